The molecule has 0 saturated heterocycles. The van der Waals surface area contributed by atoms with E-state index in [2.05, 4.69) is 26.1 Å². The van der Waals surface area contributed by atoms with Gasteiger partial charge in [-0.25, -0.2) is 0 Å². The van der Waals surface area contributed by atoms with Crippen molar-refractivity contribution < 1.29 is 9.47 Å². The van der Waals surface area contributed by atoms with Crippen LogP contribution in [0.25, 0.3) is 0 Å². The Kier molecular flexibility index (Phi) is 9.48. The van der Waals surface area contributed by atoms with Crippen LogP contribution in [0.2, 0.25) is 0 Å². The van der Waals surface area contributed by atoms with Gasteiger partial charge in [0.1, 0.15) is 0 Å². The molecule has 0 bridgehead atoms. The first-order valence-electron chi connectivity index (χ1n) is 8.16. The summed E-state index contributed by atoms with van der Waals surface area (Å²) in [5, 5.41) is 3.60. The van der Waals surface area contributed by atoms with Gasteiger partial charge in [0, 0.05) is 12.6 Å². The zero-order valence-electron chi connectivity index (χ0n) is 13.1. The third kappa shape index (κ3) is 7.91. The Morgan fingerprint density at radius 3 is 2.47 bits per heavy atom. The van der Waals surface area contributed by atoms with Crippen LogP contribution >= 0.6 is 0 Å². The molecular formula is C16H33NO2. The van der Waals surface area contributed by atoms with Gasteiger partial charge >= 0.3 is 0 Å². The predicted molar refractivity (Wildman–Crippen MR) is 80.6 cm³/mol. The number of hydrogen-bond donors (Lipinski definition) is 1. The lowest BCUT2D eigenvalue weighted by molar-refractivity contribution is -0.0231. The van der Waals surface area contributed by atoms with Crippen molar-refractivity contribution in [2.24, 2.45) is 5.92 Å². The van der Waals surface area contributed by atoms with Crippen molar-refractivity contribution in [1.29, 1.82) is 0 Å². The second kappa shape index (κ2) is 10.6. The monoisotopic (exact) mass is 271 g/mol. The van der Waals surface area contributed by atoms with Gasteiger partial charge in [0.25, 0.3) is 0 Å². The highest BCUT2D eigenvalue weighted by atomic mass is 16.5. The lowest BCUT2D eigenvalue weighted by atomic mass is 9.94. The first-order chi connectivity index (χ1) is 9.24. The van der Waals surface area contributed by atoms with E-state index in [4.69, 9.17) is 9.47 Å². The minimum Gasteiger partial charge on any atom is -0.379 e. The average molecular weight is 271 g/mol. The summed E-state index contributed by atoms with van der Waals surface area (Å²) in [6.45, 7) is 9.88. The zero-order valence-corrected chi connectivity index (χ0v) is 13.1. The van der Waals surface area contributed by atoms with Crippen LogP contribution in [-0.2, 0) is 9.47 Å². The van der Waals surface area contributed by atoms with Crippen molar-refractivity contribution >= 4 is 0 Å². The average Bonchev–Trinajstić information content (AvgIpc) is 2.35. The van der Waals surface area contributed by atoms with Gasteiger partial charge in [-0.05, 0) is 25.3 Å². The van der Waals surface area contributed by atoms with Gasteiger partial charge in [-0.1, -0.05) is 46.5 Å². The molecule has 0 radical (unpaired) electrons. The molecule has 1 N–H and O–H groups in total. The van der Waals surface area contributed by atoms with E-state index in [-0.39, 0.29) is 0 Å². The second-order valence-corrected chi connectivity index (χ2v) is 6.03. The number of ether oxygens (including phenoxy) is 2. The Morgan fingerprint density at radius 2 is 1.79 bits per heavy atom. The topological polar surface area (TPSA) is 30.5 Å². The second-order valence-electron chi connectivity index (χ2n) is 6.03. The molecule has 0 heterocycles. The van der Waals surface area contributed by atoms with E-state index in [1.54, 1.807) is 0 Å². The standard InChI is InChI=1S/C16H33NO2/c1-4-17-15-9-7-5-6-8-10-16(15)19-12-11-18-13-14(2)3/h14-17H,4-13H2,1-3H3. The quantitative estimate of drug-likeness (QED) is 0.687. The smallest absolute Gasteiger partial charge is 0.0729 e. The fourth-order valence-corrected chi connectivity index (χ4v) is 2.72. The molecule has 0 amide bonds. The van der Waals surface area contributed by atoms with Crippen LogP contribution in [0.3, 0.4) is 0 Å². The first-order valence-corrected chi connectivity index (χ1v) is 8.16. The van der Waals surface area contributed by atoms with Gasteiger partial charge in [-0.3, -0.25) is 0 Å². The highest BCUT2D eigenvalue weighted by Crippen LogP contribution is 2.20. The number of hydrogen-bond acceptors (Lipinski definition) is 3. The predicted octanol–water partition coefficient (Wildman–Crippen LogP) is 3.38. The van der Waals surface area contributed by atoms with Gasteiger partial charge in [-0.2, -0.15) is 0 Å². The van der Waals surface area contributed by atoms with Gasteiger partial charge in [0.15, 0.2) is 0 Å². The molecule has 3 nitrogen and oxygen atoms in total. The highest BCUT2D eigenvalue weighted by molar-refractivity contribution is 4.79. The van der Waals surface area contributed by atoms with Crippen LogP contribution in [-0.4, -0.2) is 38.5 Å². The van der Waals surface area contributed by atoms with Gasteiger partial charge in [-0.15, -0.1) is 0 Å². The zero-order chi connectivity index (χ0) is 13.9. The van der Waals surface area contributed by atoms with E-state index >= 15 is 0 Å². The largest absolute Gasteiger partial charge is 0.379 e. The van der Waals surface area contributed by atoms with Gasteiger partial charge < -0.3 is 14.8 Å². The molecule has 2 unspecified atom stereocenters. The van der Waals surface area contributed by atoms with Crippen LogP contribution in [0.15, 0.2) is 0 Å². The van der Waals surface area contributed by atoms with Crippen molar-refractivity contribution in [3.8, 4) is 0 Å². The first kappa shape index (κ1) is 16.9. The van der Waals surface area contributed by atoms with E-state index in [1.165, 1.54) is 38.5 Å². The third-order valence-electron chi connectivity index (χ3n) is 3.68. The van der Waals surface area contributed by atoms with Crippen molar-refractivity contribution in [3.63, 3.8) is 0 Å². The molecule has 0 spiro atoms. The molecule has 1 rings (SSSR count). The van der Waals surface area contributed by atoms with E-state index in [1.807, 2.05) is 0 Å². The summed E-state index contributed by atoms with van der Waals surface area (Å²) in [6.07, 6.45) is 8.21. The Balaban J connectivity index is 2.24. The van der Waals surface area contributed by atoms with E-state index in [9.17, 15) is 0 Å². The third-order valence-corrected chi connectivity index (χ3v) is 3.68. The lowest BCUT2D eigenvalue weighted by Crippen LogP contribution is -2.42. The molecule has 1 aliphatic rings. The van der Waals surface area contributed by atoms with Gasteiger partial charge in [0.05, 0.1) is 19.3 Å². The normalized spacial score (nSPS) is 25.3. The van der Waals surface area contributed by atoms with Gasteiger partial charge in [0.2, 0.25) is 0 Å². The number of rotatable bonds is 8. The van der Waals surface area contributed by atoms with E-state index in [0.29, 0.717) is 18.1 Å². The van der Waals surface area contributed by atoms with Crippen LogP contribution in [0, 0.1) is 5.92 Å². The molecule has 3 heteroatoms. The molecule has 2 atom stereocenters. The highest BCUT2D eigenvalue weighted by Gasteiger charge is 2.22. The molecule has 1 saturated carbocycles. The summed E-state index contributed by atoms with van der Waals surface area (Å²) < 4.78 is 11.7. The van der Waals surface area contributed by atoms with E-state index < -0.39 is 0 Å². The molecule has 19 heavy (non-hydrogen) atoms. The Morgan fingerprint density at radius 1 is 1.05 bits per heavy atom. The summed E-state index contributed by atoms with van der Waals surface area (Å²) in [5.74, 6) is 0.607. The van der Waals surface area contributed by atoms with Crippen LogP contribution in [0.1, 0.15) is 59.3 Å². The Bertz CT molecular complexity index is 209. The number of nitrogens with one attached hydrogen (secondary N) is 1. The fourth-order valence-electron chi connectivity index (χ4n) is 2.72. The Hall–Kier alpha value is -0.120. The van der Waals surface area contributed by atoms with Crippen LogP contribution in [0.4, 0.5) is 0 Å². The maximum atomic E-state index is 6.08. The summed E-state index contributed by atoms with van der Waals surface area (Å²) in [5.41, 5.74) is 0. The van der Waals surface area contributed by atoms with Crippen molar-refractivity contribution in [2.75, 3.05) is 26.4 Å². The van der Waals surface area contributed by atoms with E-state index in [0.717, 1.165) is 26.4 Å². The summed E-state index contributed by atoms with van der Waals surface area (Å²) in [4.78, 5) is 0. The molecule has 0 aromatic carbocycles. The minimum atomic E-state index is 0.378. The molecule has 0 aromatic heterocycles. The maximum Gasteiger partial charge on any atom is 0.0729 e. The summed E-state index contributed by atoms with van der Waals surface area (Å²) in [6, 6.07) is 0.537. The minimum absolute atomic E-state index is 0.378. The molecular weight excluding hydrogens is 238 g/mol. The molecule has 0 aromatic rings. The SMILES string of the molecule is CCNC1CCCCCCC1OCCOCC(C)C. The van der Waals surface area contributed by atoms with Crippen molar-refractivity contribution in [1.82, 2.24) is 5.32 Å². The Labute approximate surface area is 119 Å². The molecule has 1 aliphatic carbocycles. The molecule has 114 valence electrons. The summed E-state index contributed by atoms with van der Waals surface area (Å²) >= 11 is 0. The van der Waals surface area contributed by atoms with Crippen molar-refractivity contribution in [2.45, 2.75) is 71.4 Å². The summed E-state index contributed by atoms with van der Waals surface area (Å²) in [7, 11) is 0. The van der Waals surface area contributed by atoms with Crippen LogP contribution < -0.4 is 5.32 Å². The van der Waals surface area contributed by atoms with Crippen LogP contribution in [0.5, 0.6) is 0 Å². The fraction of sp³-hybridized carbons (Fsp3) is 1.00. The van der Waals surface area contributed by atoms with Crippen molar-refractivity contribution in [3.05, 3.63) is 0 Å². The number of likely N-dealkylation sites (N-methyl/N-ethyl adjacent to an activating group) is 1. The lowest BCUT2D eigenvalue weighted by Gasteiger charge is -2.30. The molecule has 1 fully saturated rings. The molecule has 0 aliphatic heterocycles. The maximum absolute atomic E-state index is 6.08.